The van der Waals surface area contributed by atoms with Gasteiger partial charge in [0.1, 0.15) is 5.82 Å². The van der Waals surface area contributed by atoms with Crippen LogP contribution in [0.5, 0.6) is 0 Å². The van der Waals surface area contributed by atoms with E-state index in [0.29, 0.717) is 10.8 Å². The Morgan fingerprint density at radius 1 is 1.26 bits per heavy atom. The third kappa shape index (κ3) is 2.33. The average molecular weight is 278 g/mol. The second-order valence-electron chi connectivity index (χ2n) is 4.97. The number of hydrogen-bond donors (Lipinski definition) is 2. The zero-order valence-electron chi connectivity index (χ0n) is 10.5. The van der Waals surface area contributed by atoms with E-state index in [-0.39, 0.29) is 12.1 Å². The molecule has 2 unspecified atom stereocenters. The van der Waals surface area contributed by atoms with Gasteiger partial charge in [-0.2, -0.15) is 5.10 Å². The molecule has 4 nitrogen and oxygen atoms in total. The van der Waals surface area contributed by atoms with E-state index in [4.69, 9.17) is 17.3 Å². The molecule has 1 aliphatic carbocycles. The third-order valence-corrected chi connectivity index (χ3v) is 3.91. The Labute approximate surface area is 116 Å². The van der Waals surface area contributed by atoms with Crippen molar-refractivity contribution in [3.63, 3.8) is 0 Å². The molecule has 100 valence electrons. The van der Waals surface area contributed by atoms with Gasteiger partial charge in [-0.25, -0.2) is 4.68 Å². The van der Waals surface area contributed by atoms with Crippen LogP contribution in [-0.4, -0.2) is 21.0 Å². The standard InChI is InChI=1S/C14H16ClN3O/c15-10-6-4-9(5-7-10)11-8-14(16)18(17-11)12-2-1-3-13(12)19/h4-8,12-13,19H,1-3,16H2. The number of anilines is 1. The molecule has 5 heteroatoms. The van der Waals surface area contributed by atoms with E-state index < -0.39 is 0 Å². The van der Waals surface area contributed by atoms with Crippen LogP contribution in [0, 0.1) is 0 Å². The van der Waals surface area contributed by atoms with Crippen molar-refractivity contribution in [2.24, 2.45) is 0 Å². The quantitative estimate of drug-likeness (QED) is 0.887. The minimum absolute atomic E-state index is 0.000972. The summed E-state index contributed by atoms with van der Waals surface area (Å²) in [5, 5.41) is 15.2. The maximum atomic E-state index is 9.95. The molecule has 0 saturated heterocycles. The Morgan fingerprint density at radius 2 is 2.00 bits per heavy atom. The van der Waals surface area contributed by atoms with Gasteiger partial charge in [0.25, 0.3) is 0 Å². The molecule has 1 fully saturated rings. The first-order chi connectivity index (χ1) is 9.15. The lowest BCUT2D eigenvalue weighted by Gasteiger charge is -2.16. The average Bonchev–Trinajstić information content (AvgIpc) is 2.96. The molecule has 19 heavy (non-hydrogen) atoms. The largest absolute Gasteiger partial charge is 0.391 e. The van der Waals surface area contributed by atoms with E-state index in [0.717, 1.165) is 30.5 Å². The Balaban J connectivity index is 1.94. The monoisotopic (exact) mass is 277 g/mol. The van der Waals surface area contributed by atoms with E-state index in [1.54, 1.807) is 4.68 Å². The van der Waals surface area contributed by atoms with Gasteiger partial charge >= 0.3 is 0 Å². The maximum Gasteiger partial charge on any atom is 0.122 e. The number of hydrogen-bond acceptors (Lipinski definition) is 3. The first-order valence-electron chi connectivity index (χ1n) is 6.44. The topological polar surface area (TPSA) is 64.1 Å². The summed E-state index contributed by atoms with van der Waals surface area (Å²) < 4.78 is 1.75. The lowest BCUT2D eigenvalue weighted by molar-refractivity contribution is 0.131. The molecule has 0 bridgehead atoms. The summed E-state index contributed by atoms with van der Waals surface area (Å²) in [4.78, 5) is 0. The maximum absolute atomic E-state index is 9.95. The van der Waals surface area contributed by atoms with Crippen LogP contribution in [0.15, 0.2) is 30.3 Å². The van der Waals surface area contributed by atoms with Crippen LogP contribution in [0.2, 0.25) is 5.02 Å². The molecule has 3 N–H and O–H groups in total. The molecule has 1 aliphatic rings. The second kappa shape index (κ2) is 4.87. The first kappa shape index (κ1) is 12.5. The molecule has 2 aromatic rings. The zero-order chi connectivity index (χ0) is 13.4. The number of aliphatic hydroxyl groups excluding tert-OH is 1. The van der Waals surface area contributed by atoms with Gasteiger partial charge in [0.2, 0.25) is 0 Å². The fourth-order valence-corrected chi connectivity index (χ4v) is 2.77. The van der Waals surface area contributed by atoms with E-state index in [1.807, 2.05) is 30.3 Å². The second-order valence-corrected chi connectivity index (χ2v) is 5.41. The lowest BCUT2D eigenvalue weighted by atomic mass is 10.1. The molecule has 0 radical (unpaired) electrons. The predicted molar refractivity (Wildman–Crippen MR) is 76.0 cm³/mol. The fourth-order valence-electron chi connectivity index (χ4n) is 2.64. The summed E-state index contributed by atoms with van der Waals surface area (Å²) in [6.07, 6.45) is 2.41. The van der Waals surface area contributed by atoms with Crippen molar-refractivity contribution >= 4 is 17.4 Å². The van der Waals surface area contributed by atoms with Gasteiger partial charge in [-0.3, -0.25) is 0 Å². The third-order valence-electron chi connectivity index (χ3n) is 3.66. The van der Waals surface area contributed by atoms with Crippen LogP contribution in [0.1, 0.15) is 25.3 Å². The van der Waals surface area contributed by atoms with Gasteiger partial charge in [-0.15, -0.1) is 0 Å². The van der Waals surface area contributed by atoms with Gasteiger partial charge in [-0.1, -0.05) is 23.7 Å². The molecule has 0 amide bonds. The number of nitrogens with two attached hydrogens (primary N) is 1. The minimum Gasteiger partial charge on any atom is -0.391 e. The predicted octanol–water partition coefficient (Wildman–Crippen LogP) is 2.87. The number of aliphatic hydroxyl groups is 1. The van der Waals surface area contributed by atoms with Crippen molar-refractivity contribution in [2.75, 3.05) is 5.73 Å². The van der Waals surface area contributed by atoms with Crippen LogP contribution >= 0.6 is 11.6 Å². The van der Waals surface area contributed by atoms with Crippen LogP contribution in [-0.2, 0) is 0 Å². The molecule has 1 aromatic heterocycles. The van der Waals surface area contributed by atoms with E-state index in [1.165, 1.54) is 0 Å². The molecule has 1 aromatic carbocycles. The number of rotatable bonds is 2. The van der Waals surface area contributed by atoms with Crippen molar-refractivity contribution in [1.29, 1.82) is 0 Å². The molecular weight excluding hydrogens is 262 g/mol. The van der Waals surface area contributed by atoms with Crippen molar-refractivity contribution < 1.29 is 5.11 Å². The summed E-state index contributed by atoms with van der Waals surface area (Å²) in [5.74, 6) is 0.593. The first-order valence-corrected chi connectivity index (χ1v) is 6.82. The van der Waals surface area contributed by atoms with Crippen LogP contribution < -0.4 is 5.73 Å². The van der Waals surface area contributed by atoms with Gasteiger partial charge < -0.3 is 10.8 Å². The highest BCUT2D eigenvalue weighted by atomic mass is 35.5. The van der Waals surface area contributed by atoms with Gasteiger partial charge in [0.15, 0.2) is 0 Å². The molecule has 3 rings (SSSR count). The molecule has 1 saturated carbocycles. The number of aromatic nitrogens is 2. The van der Waals surface area contributed by atoms with E-state index >= 15 is 0 Å². The fraction of sp³-hybridized carbons (Fsp3) is 0.357. The summed E-state index contributed by atoms with van der Waals surface area (Å²) in [6, 6.07) is 9.33. The Bertz CT molecular complexity index is 579. The Morgan fingerprint density at radius 3 is 2.63 bits per heavy atom. The number of benzene rings is 1. The molecule has 0 aliphatic heterocycles. The summed E-state index contributed by atoms with van der Waals surface area (Å²) in [7, 11) is 0. The normalized spacial score (nSPS) is 22.8. The van der Waals surface area contributed by atoms with Gasteiger partial charge in [-0.05, 0) is 31.4 Å². The van der Waals surface area contributed by atoms with E-state index in [9.17, 15) is 5.11 Å². The SMILES string of the molecule is Nc1cc(-c2ccc(Cl)cc2)nn1C1CCCC1O. The van der Waals surface area contributed by atoms with Gasteiger partial charge in [0, 0.05) is 16.7 Å². The van der Waals surface area contributed by atoms with Crippen LogP contribution in [0.25, 0.3) is 11.3 Å². The molecule has 0 spiro atoms. The van der Waals surface area contributed by atoms with E-state index in [2.05, 4.69) is 5.10 Å². The number of nitrogens with zero attached hydrogens (tertiary/aromatic N) is 2. The number of halogens is 1. The number of nitrogen functional groups attached to an aromatic ring is 1. The van der Waals surface area contributed by atoms with Gasteiger partial charge in [0.05, 0.1) is 17.8 Å². The van der Waals surface area contributed by atoms with Crippen molar-refractivity contribution in [3.8, 4) is 11.3 Å². The minimum atomic E-state index is -0.347. The van der Waals surface area contributed by atoms with Crippen molar-refractivity contribution in [2.45, 2.75) is 31.4 Å². The highest BCUT2D eigenvalue weighted by Gasteiger charge is 2.29. The highest BCUT2D eigenvalue weighted by Crippen LogP contribution is 2.33. The Hall–Kier alpha value is -1.52. The summed E-state index contributed by atoms with van der Waals surface area (Å²) in [5.41, 5.74) is 7.80. The Kier molecular flexibility index (Phi) is 3.21. The summed E-state index contributed by atoms with van der Waals surface area (Å²) in [6.45, 7) is 0. The zero-order valence-corrected chi connectivity index (χ0v) is 11.2. The van der Waals surface area contributed by atoms with Crippen molar-refractivity contribution in [3.05, 3.63) is 35.4 Å². The smallest absolute Gasteiger partial charge is 0.122 e. The van der Waals surface area contributed by atoms with Crippen molar-refractivity contribution in [1.82, 2.24) is 9.78 Å². The molecule has 2 atom stereocenters. The van der Waals surface area contributed by atoms with Crippen LogP contribution in [0.3, 0.4) is 0 Å². The summed E-state index contributed by atoms with van der Waals surface area (Å²) >= 11 is 5.87. The van der Waals surface area contributed by atoms with Crippen LogP contribution in [0.4, 0.5) is 5.82 Å². The molecular formula is C14H16ClN3O. The lowest BCUT2D eigenvalue weighted by Crippen LogP contribution is -2.20. The highest BCUT2D eigenvalue weighted by molar-refractivity contribution is 6.30. The molecule has 1 heterocycles.